The maximum atomic E-state index is 5.37. The van der Waals surface area contributed by atoms with E-state index in [1.54, 1.807) is 12.3 Å². The summed E-state index contributed by atoms with van der Waals surface area (Å²) >= 11 is 0. The van der Waals surface area contributed by atoms with Crippen LogP contribution in [0.1, 0.15) is 5.56 Å². The lowest BCUT2D eigenvalue weighted by molar-refractivity contribution is 0.192. The van der Waals surface area contributed by atoms with E-state index in [9.17, 15) is 0 Å². The second-order valence-electron chi connectivity index (χ2n) is 4.19. The molecular formula is C18H17N3O. The first-order valence-corrected chi connectivity index (χ1v) is 6.87. The van der Waals surface area contributed by atoms with Crippen LogP contribution in [0.2, 0.25) is 0 Å². The van der Waals surface area contributed by atoms with E-state index in [1.807, 2.05) is 85.0 Å². The van der Waals surface area contributed by atoms with E-state index >= 15 is 0 Å². The highest BCUT2D eigenvalue weighted by Gasteiger charge is 1.98. The summed E-state index contributed by atoms with van der Waals surface area (Å²) in [6.07, 6.45) is 22.7. The normalized spacial score (nSPS) is 14.7. The number of para-hydroxylation sites is 1. The van der Waals surface area contributed by atoms with Gasteiger partial charge in [-0.2, -0.15) is 0 Å². The Morgan fingerprint density at radius 2 is 1.36 bits per heavy atom. The average molecular weight is 291 g/mol. The maximum absolute atomic E-state index is 5.37. The van der Waals surface area contributed by atoms with E-state index < -0.39 is 0 Å². The maximum Gasteiger partial charge on any atom is 0.164 e. The van der Waals surface area contributed by atoms with Crippen LogP contribution in [0.5, 0.6) is 5.75 Å². The Morgan fingerprint density at radius 3 is 2.14 bits per heavy atom. The third kappa shape index (κ3) is 5.88. The molecule has 0 saturated heterocycles. The summed E-state index contributed by atoms with van der Waals surface area (Å²) in [4.78, 5) is 5.37. The van der Waals surface area contributed by atoms with Crippen molar-refractivity contribution in [3.8, 4) is 5.75 Å². The average Bonchev–Trinajstić information content (AvgIpc) is 2.55. The highest BCUT2D eigenvalue weighted by atomic mass is 16.7. The summed E-state index contributed by atoms with van der Waals surface area (Å²) < 4.78 is 0. The summed E-state index contributed by atoms with van der Waals surface area (Å²) in [6.45, 7) is 0. The van der Waals surface area contributed by atoms with Gasteiger partial charge in [0.15, 0.2) is 5.75 Å². The Kier molecular flexibility index (Phi) is 6.74. The van der Waals surface area contributed by atoms with Crippen molar-refractivity contribution < 1.29 is 4.84 Å². The first kappa shape index (κ1) is 15.3. The lowest BCUT2D eigenvalue weighted by Gasteiger charge is -2.05. The molecule has 0 unspecified atom stereocenters. The SMILES string of the molecule is C1=CC=CC=CN=NNOc2ccccc2C=CC=CC=C1. The Bertz CT molecular complexity index is 665. The van der Waals surface area contributed by atoms with Crippen LogP contribution in [0.25, 0.3) is 6.08 Å². The topological polar surface area (TPSA) is 46.0 Å². The van der Waals surface area contributed by atoms with Gasteiger partial charge in [-0.15, -0.1) is 10.7 Å². The van der Waals surface area contributed by atoms with Crippen molar-refractivity contribution in [3.05, 3.63) is 96.8 Å². The first-order valence-electron chi connectivity index (χ1n) is 6.87. The smallest absolute Gasteiger partial charge is 0.164 e. The quantitative estimate of drug-likeness (QED) is 0.753. The monoisotopic (exact) mass is 291 g/mol. The van der Waals surface area contributed by atoms with Crippen LogP contribution in [-0.2, 0) is 0 Å². The van der Waals surface area contributed by atoms with Crippen molar-refractivity contribution >= 4 is 6.08 Å². The number of allylic oxidation sites excluding steroid dienone is 10. The van der Waals surface area contributed by atoms with Crippen molar-refractivity contribution in [2.75, 3.05) is 0 Å². The molecule has 0 radical (unpaired) electrons. The minimum absolute atomic E-state index is 0.676. The molecule has 0 amide bonds. The molecule has 0 bridgehead atoms. The molecule has 2 rings (SSSR count). The fourth-order valence-corrected chi connectivity index (χ4v) is 1.60. The van der Waals surface area contributed by atoms with E-state index in [4.69, 9.17) is 4.84 Å². The number of rotatable bonds is 0. The molecule has 1 heterocycles. The second-order valence-corrected chi connectivity index (χ2v) is 4.19. The molecule has 0 spiro atoms. The van der Waals surface area contributed by atoms with Crippen molar-refractivity contribution in [1.29, 1.82) is 0 Å². The molecule has 110 valence electrons. The van der Waals surface area contributed by atoms with E-state index in [2.05, 4.69) is 15.9 Å². The summed E-state index contributed by atoms with van der Waals surface area (Å²) in [5.41, 5.74) is 3.39. The number of nitrogens with one attached hydrogen (secondary N) is 1. The summed E-state index contributed by atoms with van der Waals surface area (Å²) in [5.74, 6) is 0.676. The van der Waals surface area contributed by atoms with Gasteiger partial charge in [0.2, 0.25) is 0 Å². The van der Waals surface area contributed by atoms with Gasteiger partial charge in [-0.3, -0.25) is 0 Å². The van der Waals surface area contributed by atoms with Gasteiger partial charge >= 0.3 is 0 Å². The zero-order valence-corrected chi connectivity index (χ0v) is 12.0. The summed E-state index contributed by atoms with van der Waals surface area (Å²) in [7, 11) is 0. The molecule has 1 N–H and O–H groups in total. The van der Waals surface area contributed by atoms with E-state index in [0.29, 0.717) is 5.75 Å². The van der Waals surface area contributed by atoms with Crippen LogP contribution in [0.3, 0.4) is 0 Å². The molecule has 1 aromatic carbocycles. The number of hydrogen-bond donors (Lipinski definition) is 1. The van der Waals surface area contributed by atoms with Gasteiger partial charge in [0.1, 0.15) is 0 Å². The van der Waals surface area contributed by atoms with Crippen molar-refractivity contribution in [3.63, 3.8) is 0 Å². The Morgan fingerprint density at radius 1 is 0.727 bits per heavy atom. The predicted octanol–water partition coefficient (Wildman–Crippen LogP) is 4.70. The molecular weight excluding hydrogens is 274 g/mol. The zero-order valence-electron chi connectivity index (χ0n) is 12.0. The Hall–Kier alpha value is -3.14. The van der Waals surface area contributed by atoms with Crippen molar-refractivity contribution in [2.45, 2.75) is 0 Å². The number of hydrogen-bond acceptors (Lipinski definition) is 4. The third-order valence-corrected chi connectivity index (χ3v) is 2.60. The van der Waals surface area contributed by atoms with Crippen LogP contribution in [0.15, 0.2) is 102 Å². The fraction of sp³-hybridized carbons (Fsp3) is 0. The number of benzene rings is 1. The van der Waals surface area contributed by atoms with E-state index in [0.717, 1.165) is 5.56 Å². The van der Waals surface area contributed by atoms with Crippen LogP contribution in [-0.4, -0.2) is 0 Å². The fourth-order valence-electron chi connectivity index (χ4n) is 1.60. The molecule has 4 nitrogen and oxygen atoms in total. The Balaban J connectivity index is 2.16. The molecule has 1 aliphatic rings. The van der Waals surface area contributed by atoms with Crippen LogP contribution in [0.4, 0.5) is 0 Å². The highest BCUT2D eigenvalue weighted by Crippen LogP contribution is 2.18. The molecule has 0 aromatic heterocycles. The van der Waals surface area contributed by atoms with Crippen LogP contribution < -0.4 is 10.4 Å². The van der Waals surface area contributed by atoms with Gasteiger partial charge in [-0.25, -0.2) is 0 Å². The van der Waals surface area contributed by atoms with Gasteiger partial charge in [-0.05, 0) is 17.4 Å². The minimum Gasteiger partial charge on any atom is -0.363 e. The third-order valence-electron chi connectivity index (χ3n) is 2.60. The minimum atomic E-state index is 0.676. The van der Waals surface area contributed by atoms with E-state index in [-0.39, 0.29) is 0 Å². The first-order chi connectivity index (χ1) is 11.0. The summed E-state index contributed by atoms with van der Waals surface area (Å²) in [5, 5.41) is 7.50. The largest absolute Gasteiger partial charge is 0.363 e. The van der Waals surface area contributed by atoms with Crippen molar-refractivity contribution in [2.24, 2.45) is 10.3 Å². The molecule has 1 aliphatic heterocycles. The standard InChI is InChI=1S/C18H17N3O/c1-2-4-6-8-12-16-19-20-21-22-18-15-11-10-14-17(18)13-9-7-5-3-1/h1-16H,(H,19,21). The van der Waals surface area contributed by atoms with Crippen molar-refractivity contribution in [1.82, 2.24) is 5.59 Å². The number of nitrogens with zero attached hydrogens (tertiary/aromatic N) is 2. The number of fused-ring (bicyclic) bond motifs is 1. The molecule has 4 heteroatoms. The Labute approximate surface area is 130 Å². The molecule has 22 heavy (non-hydrogen) atoms. The lowest BCUT2D eigenvalue weighted by Crippen LogP contribution is -2.10. The highest BCUT2D eigenvalue weighted by molar-refractivity contribution is 5.58. The molecule has 0 atom stereocenters. The lowest BCUT2D eigenvalue weighted by atomic mass is 10.2. The van der Waals surface area contributed by atoms with Crippen LogP contribution in [0, 0.1) is 0 Å². The van der Waals surface area contributed by atoms with Gasteiger partial charge in [0.05, 0.1) is 6.20 Å². The van der Waals surface area contributed by atoms with E-state index in [1.165, 1.54) is 0 Å². The molecule has 0 aliphatic carbocycles. The summed E-state index contributed by atoms with van der Waals surface area (Å²) in [6, 6.07) is 7.66. The van der Waals surface area contributed by atoms with Gasteiger partial charge in [0.25, 0.3) is 0 Å². The molecule has 0 saturated carbocycles. The second kappa shape index (κ2) is 9.72. The molecule has 1 aromatic rings. The van der Waals surface area contributed by atoms with Gasteiger partial charge in [-0.1, -0.05) is 79.0 Å². The zero-order chi connectivity index (χ0) is 15.3. The van der Waals surface area contributed by atoms with Crippen LogP contribution >= 0.6 is 0 Å². The molecule has 0 fully saturated rings. The van der Waals surface area contributed by atoms with Gasteiger partial charge < -0.3 is 4.84 Å². The van der Waals surface area contributed by atoms with Gasteiger partial charge in [0, 0.05) is 5.56 Å². The predicted molar refractivity (Wildman–Crippen MR) is 89.8 cm³/mol.